The van der Waals surface area contributed by atoms with E-state index in [4.69, 9.17) is 29.7 Å². The first kappa shape index (κ1) is 36.9. The molecule has 0 amide bonds. The van der Waals surface area contributed by atoms with Gasteiger partial charge in [-0.2, -0.15) is 0 Å². The first-order valence-electron chi connectivity index (χ1n) is 16.1. The Morgan fingerprint density at radius 1 is 1.02 bits per heavy atom. The fraction of sp³-hybridized carbons (Fsp3) is 0.528. The Bertz CT molecular complexity index is 1170. The Morgan fingerprint density at radius 2 is 1.77 bits per heavy atom. The predicted octanol–water partition coefficient (Wildman–Crippen LogP) is 6.27. The van der Waals surface area contributed by atoms with E-state index in [0.29, 0.717) is 54.2 Å². The lowest BCUT2D eigenvalue weighted by molar-refractivity contribution is 0.0845. The van der Waals surface area contributed by atoms with Crippen LogP contribution >= 0.6 is 0 Å². The summed E-state index contributed by atoms with van der Waals surface area (Å²) in [6.45, 7) is 19.2. The molecular weight excluding hydrogens is 552 g/mol. The molecule has 0 saturated carbocycles. The zero-order chi connectivity index (χ0) is 32.2. The van der Waals surface area contributed by atoms with Gasteiger partial charge in [0.2, 0.25) is 0 Å². The van der Waals surface area contributed by atoms with E-state index in [1.807, 2.05) is 44.2 Å². The number of hydrogen-bond donors (Lipinski definition) is 2. The van der Waals surface area contributed by atoms with Crippen molar-refractivity contribution in [1.82, 2.24) is 10.2 Å². The summed E-state index contributed by atoms with van der Waals surface area (Å²) in [5.74, 6) is 2.29. The number of rotatable bonds is 22. The number of aryl methyl sites for hydroxylation is 1. The minimum Gasteiger partial charge on any atom is -0.496 e. The van der Waals surface area contributed by atoms with Crippen molar-refractivity contribution in [2.24, 2.45) is 10.7 Å². The summed E-state index contributed by atoms with van der Waals surface area (Å²) in [4.78, 5) is 7.19. The topological polar surface area (TPSA) is 90.6 Å². The fourth-order valence-corrected chi connectivity index (χ4v) is 4.59. The Hall–Kier alpha value is -3.33. The molecule has 0 bridgehead atoms. The highest BCUT2D eigenvalue weighted by Crippen LogP contribution is 2.26. The predicted molar refractivity (Wildman–Crippen MR) is 183 cm³/mol. The van der Waals surface area contributed by atoms with E-state index in [1.54, 1.807) is 7.11 Å². The van der Waals surface area contributed by atoms with E-state index in [2.05, 4.69) is 62.2 Å². The smallest absolute Gasteiger partial charge is 0.143 e. The number of nitrogens with two attached hydrogens (primary N) is 1. The summed E-state index contributed by atoms with van der Waals surface area (Å²) < 4.78 is 24.1. The van der Waals surface area contributed by atoms with Gasteiger partial charge in [0.15, 0.2) is 0 Å². The van der Waals surface area contributed by atoms with Crippen LogP contribution < -0.4 is 20.5 Å². The molecule has 0 aromatic heterocycles. The van der Waals surface area contributed by atoms with Crippen LogP contribution in [0.2, 0.25) is 0 Å². The third-order valence-electron chi connectivity index (χ3n) is 7.28. The fourth-order valence-electron chi connectivity index (χ4n) is 4.59. The largest absolute Gasteiger partial charge is 0.496 e. The van der Waals surface area contributed by atoms with E-state index in [1.165, 1.54) is 11.1 Å². The average molecular weight is 609 g/mol. The lowest BCUT2D eigenvalue weighted by atomic mass is 10.1. The van der Waals surface area contributed by atoms with E-state index in [9.17, 15) is 0 Å². The number of aliphatic imine (C=N–C) groups is 1. The van der Waals surface area contributed by atoms with E-state index in [-0.39, 0.29) is 6.10 Å². The number of benzene rings is 2. The van der Waals surface area contributed by atoms with Gasteiger partial charge >= 0.3 is 0 Å². The van der Waals surface area contributed by atoms with Crippen LogP contribution in [0.3, 0.4) is 0 Å². The van der Waals surface area contributed by atoms with Crippen molar-refractivity contribution in [1.29, 1.82) is 0 Å². The molecule has 1 atom stereocenters. The second kappa shape index (κ2) is 21.4. The van der Waals surface area contributed by atoms with Gasteiger partial charge in [-0.15, -0.1) is 0 Å². The standard InChI is InChI=1S/C36H56N4O4/c1-8-33(35(44-23-12-21-38-9-2)26-29(6)42-24-13-22-40(10-3)11-4)39-36(37)32-19-18-31(27-34(32)41-7)43-25-20-30-16-14-28(5)15-17-30/h8,14-19,26-27,29,38H,9-13,20-25H2,1-7H3,(H2,37,39)/b33-8+,35-26+. The van der Waals surface area contributed by atoms with Crippen LogP contribution in [0.5, 0.6) is 11.5 Å². The van der Waals surface area contributed by atoms with E-state index < -0.39 is 0 Å². The van der Waals surface area contributed by atoms with Crippen LogP contribution in [0.1, 0.15) is 64.2 Å². The molecule has 0 saturated heterocycles. The molecule has 2 aromatic rings. The molecule has 8 heteroatoms. The molecule has 244 valence electrons. The number of methoxy groups -OCH3 is 1. The zero-order valence-corrected chi connectivity index (χ0v) is 28.2. The highest BCUT2D eigenvalue weighted by molar-refractivity contribution is 6.01. The quantitative estimate of drug-likeness (QED) is 0.0535. The summed E-state index contributed by atoms with van der Waals surface area (Å²) in [5, 5.41) is 3.34. The Morgan fingerprint density at radius 3 is 2.43 bits per heavy atom. The number of nitrogens with zero attached hydrogens (tertiary/aromatic N) is 2. The molecule has 0 radical (unpaired) electrons. The minimum absolute atomic E-state index is 0.146. The van der Waals surface area contributed by atoms with Gasteiger partial charge in [-0.25, -0.2) is 4.99 Å². The average Bonchev–Trinajstić information content (AvgIpc) is 3.03. The lowest BCUT2D eigenvalue weighted by Crippen LogP contribution is -2.25. The van der Waals surface area contributed by atoms with Crippen LogP contribution in [0.4, 0.5) is 0 Å². The van der Waals surface area contributed by atoms with Crippen molar-refractivity contribution in [3.8, 4) is 11.5 Å². The number of nitrogens with one attached hydrogen (secondary N) is 1. The van der Waals surface area contributed by atoms with Crippen LogP contribution in [0.25, 0.3) is 0 Å². The molecule has 0 aliphatic rings. The molecule has 0 fully saturated rings. The molecule has 3 N–H and O–H groups in total. The van der Waals surface area contributed by atoms with Gasteiger partial charge in [0.1, 0.15) is 28.8 Å². The summed E-state index contributed by atoms with van der Waals surface area (Å²) in [6.07, 6.45) is 6.42. The van der Waals surface area contributed by atoms with Gasteiger partial charge in [0, 0.05) is 25.6 Å². The highest BCUT2D eigenvalue weighted by atomic mass is 16.5. The van der Waals surface area contributed by atoms with Crippen LogP contribution in [-0.4, -0.2) is 76.5 Å². The van der Waals surface area contributed by atoms with Crippen LogP contribution in [0, 0.1) is 6.92 Å². The van der Waals surface area contributed by atoms with Gasteiger partial charge in [-0.3, -0.25) is 0 Å². The number of amidine groups is 1. The highest BCUT2D eigenvalue weighted by Gasteiger charge is 2.14. The van der Waals surface area contributed by atoms with Crippen molar-refractivity contribution >= 4 is 5.84 Å². The molecule has 0 aliphatic carbocycles. The Labute approximate surface area is 266 Å². The van der Waals surface area contributed by atoms with Crippen molar-refractivity contribution in [3.05, 3.63) is 82.8 Å². The van der Waals surface area contributed by atoms with Crippen molar-refractivity contribution in [2.45, 2.75) is 66.9 Å². The summed E-state index contributed by atoms with van der Waals surface area (Å²) in [5.41, 5.74) is 10.4. The van der Waals surface area contributed by atoms with E-state index in [0.717, 1.165) is 52.0 Å². The normalized spacial score (nSPS) is 13.3. The molecule has 2 rings (SSSR count). The molecule has 1 unspecified atom stereocenters. The van der Waals surface area contributed by atoms with Crippen molar-refractivity contribution in [3.63, 3.8) is 0 Å². The number of allylic oxidation sites excluding steroid dienone is 1. The summed E-state index contributed by atoms with van der Waals surface area (Å²) in [7, 11) is 1.62. The molecule has 0 heterocycles. The Kier molecular flexibility index (Phi) is 17.9. The minimum atomic E-state index is -0.146. The molecule has 8 nitrogen and oxygen atoms in total. The number of ether oxygens (including phenoxy) is 4. The SMILES string of the molecule is C/C=C(N=C(N)c1ccc(OCCc2ccc(C)cc2)cc1OC)\C(=C/C(C)OCCCN(CC)CC)OCCCNCC. The Balaban J connectivity index is 2.15. The van der Waals surface area contributed by atoms with Crippen molar-refractivity contribution < 1.29 is 18.9 Å². The first-order chi connectivity index (χ1) is 21.3. The molecule has 44 heavy (non-hydrogen) atoms. The maximum Gasteiger partial charge on any atom is 0.143 e. The van der Waals surface area contributed by atoms with Gasteiger partial charge < -0.3 is 34.9 Å². The third-order valence-corrected chi connectivity index (χ3v) is 7.28. The van der Waals surface area contributed by atoms with Gasteiger partial charge in [-0.05, 0) is 83.6 Å². The number of hydrogen-bond acceptors (Lipinski definition) is 7. The molecular formula is C36H56N4O4. The second-order valence-corrected chi connectivity index (χ2v) is 10.7. The third kappa shape index (κ3) is 13.5. The lowest BCUT2D eigenvalue weighted by Gasteiger charge is -2.19. The summed E-state index contributed by atoms with van der Waals surface area (Å²) >= 11 is 0. The molecule has 2 aromatic carbocycles. The molecule has 0 aliphatic heterocycles. The van der Waals surface area contributed by atoms with Gasteiger partial charge in [0.25, 0.3) is 0 Å². The maximum absolute atomic E-state index is 6.56. The van der Waals surface area contributed by atoms with E-state index >= 15 is 0 Å². The summed E-state index contributed by atoms with van der Waals surface area (Å²) in [6, 6.07) is 14.1. The van der Waals surface area contributed by atoms with Gasteiger partial charge in [0.05, 0.1) is 32.0 Å². The zero-order valence-electron chi connectivity index (χ0n) is 28.2. The first-order valence-corrected chi connectivity index (χ1v) is 16.1. The van der Waals surface area contributed by atoms with Crippen LogP contribution in [-0.2, 0) is 15.9 Å². The van der Waals surface area contributed by atoms with Gasteiger partial charge in [-0.1, -0.05) is 56.7 Å². The maximum atomic E-state index is 6.56. The molecule has 0 spiro atoms. The monoisotopic (exact) mass is 608 g/mol. The van der Waals surface area contributed by atoms with Crippen LogP contribution in [0.15, 0.2) is 71.1 Å². The second-order valence-electron chi connectivity index (χ2n) is 10.7. The van der Waals surface area contributed by atoms with Crippen molar-refractivity contribution in [2.75, 3.05) is 59.7 Å².